The molecule has 224 valence electrons. The number of rotatable bonds is 3. The van der Waals surface area contributed by atoms with Crippen LogP contribution in [-0.2, 0) is 30.2 Å². The van der Waals surface area contributed by atoms with Gasteiger partial charge in [0.2, 0.25) is 5.91 Å². The van der Waals surface area contributed by atoms with Crippen LogP contribution < -0.4 is 15.0 Å². The van der Waals surface area contributed by atoms with Crippen LogP contribution in [0.5, 0.6) is 5.75 Å². The predicted octanol–water partition coefficient (Wildman–Crippen LogP) is 5.38. The number of nitrogens with zero attached hydrogens (tertiary/aromatic N) is 1. The number of fused-ring (bicyclic) bond motifs is 5. The van der Waals surface area contributed by atoms with Gasteiger partial charge in [0.1, 0.15) is 28.6 Å². The molecule has 10 heteroatoms. The van der Waals surface area contributed by atoms with Gasteiger partial charge in [-0.15, -0.1) is 0 Å². The Kier molecular flexibility index (Phi) is 9.39. The topological polar surface area (TPSA) is 107 Å². The van der Waals surface area contributed by atoms with Crippen LogP contribution in [0.4, 0.5) is 10.5 Å². The summed E-state index contributed by atoms with van der Waals surface area (Å²) in [5, 5.41) is 3.22. The third-order valence-electron chi connectivity index (χ3n) is 8.23. The van der Waals surface area contributed by atoms with Crippen molar-refractivity contribution in [3.05, 3.63) is 46.5 Å². The highest BCUT2D eigenvalue weighted by Crippen LogP contribution is 2.48. The lowest BCUT2D eigenvalue weighted by Crippen LogP contribution is -2.49. The molecule has 41 heavy (non-hydrogen) atoms. The summed E-state index contributed by atoms with van der Waals surface area (Å²) in [6.45, 7) is 9.32. The number of ether oxygens (including phenoxy) is 4. The van der Waals surface area contributed by atoms with Gasteiger partial charge in [-0.3, -0.25) is 9.59 Å². The molecule has 0 saturated carbocycles. The Balaban J connectivity index is 1.73. The van der Waals surface area contributed by atoms with E-state index in [-0.39, 0.29) is 42.4 Å². The average molecular weight is 589 g/mol. The Morgan fingerprint density at radius 3 is 2.68 bits per heavy atom. The zero-order valence-corrected chi connectivity index (χ0v) is 25.6. The Labute approximate surface area is 247 Å². The smallest absolute Gasteiger partial charge is 0.407 e. The largest absolute Gasteiger partial charge is 0.495 e. The van der Waals surface area contributed by atoms with Gasteiger partial charge < -0.3 is 29.2 Å². The zero-order chi connectivity index (χ0) is 30.1. The predicted molar refractivity (Wildman–Crippen MR) is 156 cm³/mol. The molecule has 2 saturated heterocycles. The number of carbonyl (C=O) groups is 3. The van der Waals surface area contributed by atoms with Gasteiger partial charge >= 0.3 is 12.1 Å². The standard InChI is InChI=1S/C31H41ClN2O7/c1-17(2)29(36)40-25-16-26(35)34(6)22-13-20(14-24(38-7)27(22)32)12-18(3)10-8-9-11-21-15-23(39-30(37)33-21)19(4)28-31(25,5)41-28/h8-10,13-14,17,19,21,23,25,28H,11-12,15-16H2,1-7H3,(H,33,37)/b9-8+,18-10+/t19-,21?,23?,25+,28+,31-/m1/s1. The molecule has 3 aliphatic rings. The number of amides is 2. The van der Waals surface area contributed by atoms with Gasteiger partial charge in [-0.05, 0) is 44.4 Å². The van der Waals surface area contributed by atoms with Crippen molar-refractivity contribution in [1.29, 1.82) is 0 Å². The van der Waals surface area contributed by atoms with Crippen LogP contribution in [-0.4, -0.2) is 62.1 Å². The Hall–Kier alpha value is -3.04. The van der Waals surface area contributed by atoms with Crippen LogP contribution in [0, 0.1) is 11.8 Å². The van der Waals surface area contributed by atoms with Crippen molar-refractivity contribution in [2.75, 3.05) is 19.1 Å². The molecular weight excluding hydrogens is 548 g/mol. The first kappa shape index (κ1) is 30.9. The zero-order valence-electron chi connectivity index (χ0n) is 24.9. The molecule has 2 unspecified atom stereocenters. The van der Waals surface area contributed by atoms with E-state index in [0.29, 0.717) is 35.7 Å². The van der Waals surface area contributed by atoms with Crippen molar-refractivity contribution >= 4 is 35.3 Å². The number of methoxy groups -OCH3 is 1. The molecule has 3 aliphatic heterocycles. The molecule has 0 aromatic heterocycles. The van der Waals surface area contributed by atoms with Crippen molar-refractivity contribution in [1.82, 2.24) is 5.32 Å². The molecule has 2 amide bonds. The fraction of sp³-hybridized carbons (Fsp3) is 0.581. The fourth-order valence-electron chi connectivity index (χ4n) is 5.58. The van der Waals surface area contributed by atoms with Crippen molar-refractivity contribution in [3.8, 4) is 5.75 Å². The van der Waals surface area contributed by atoms with Crippen LogP contribution in [0.15, 0.2) is 35.9 Å². The number of benzene rings is 1. The number of alkyl carbamates (subject to hydrolysis) is 1. The van der Waals surface area contributed by atoms with E-state index in [0.717, 1.165) is 11.1 Å². The Bertz CT molecular complexity index is 1250. The van der Waals surface area contributed by atoms with Crippen molar-refractivity contribution in [2.45, 2.75) is 90.3 Å². The lowest BCUT2D eigenvalue weighted by Gasteiger charge is -2.33. The lowest BCUT2D eigenvalue weighted by atomic mass is 9.85. The van der Waals surface area contributed by atoms with E-state index >= 15 is 0 Å². The monoisotopic (exact) mass is 588 g/mol. The normalized spacial score (nSPS) is 32.7. The third-order valence-corrected chi connectivity index (χ3v) is 8.61. The van der Waals surface area contributed by atoms with Gasteiger partial charge in [-0.1, -0.05) is 56.2 Å². The third kappa shape index (κ3) is 6.89. The second kappa shape index (κ2) is 12.4. The summed E-state index contributed by atoms with van der Waals surface area (Å²) in [7, 11) is 3.18. The molecule has 9 nitrogen and oxygen atoms in total. The minimum absolute atomic E-state index is 0.0892. The number of hydrogen-bond acceptors (Lipinski definition) is 7. The lowest BCUT2D eigenvalue weighted by molar-refractivity contribution is -0.157. The molecule has 0 radical (unpaired) electrons. The molecule has 3 heterocycles. The quantitative estimate of drug-likeness (QED) is 0.373. The van der Waals surface area contributed by atoms with Crippen LogP contribution in [0.2, 0.25) is 5.02 Å². The minimum atomic E-state index is -0.930. The number of esters is 1. The van der Waals surface area contributed by atoms with Gasteiger partial charge in [0, 0.05) is 25.4 Å². The van der Waals surface area contributed by atoms with Gasteiger partial charge in [0.05, 0.1) is 31.2 Å². The van der Waals surface area contributed by atoms with E-state index in [1.54, 1.807) is 20.9 Å². The molecule has 1 aromatic carbocycles. The number of halogens is 1. The molecule has 6 atom stereocenters. The first-order chi connectivity index (χ1) is 19.3. The summed E-state index contributed by atoms with van der Waals surface area (Å²) >= 11 is 6.68. The maximum atomic E-state index is 13.7. The number of anilines is 1. The maximum absolute atomic E-state index is 13.7. The van der Waals surface area contributed by atoms with Gasteiger partial charge in [0.25, 0.3) is 0 Å². The van der Waals surface area contributed by atoms with Crippen LogP contribution in [0.3, 0.4) is 0 Å². The first-order valence-corrected chi connectivity index (χ1v) is 14.5. The second-order valence-corrected chi connectivity index (χ2v) is 12.2. The van der Waals surface area contributed by atoms with Crippen molar-refractivity contribution < 1.29 is 33.3 Å². The van der Waals surface area contributed by atoms with Crippen molar-refractivity contribution in [3.63, 3.8) is 0 Å². The van der Waals surface area contributed by atoms with E-state index in [2.05, 4.69) is 5.32 Å². The number of nitrogens with one attached hydrogen (secondary N) is 1. The number of epoxide rings is 1. The number of hydrogen-bond donors (Lipinski definition) is 1. The van der Waals surface area contributed by atoms with Gasteiger partial charge in [-0.2, -0.15) is 0 Å². The average Bonchev–Trinajstić information content (AvgIpc) is 3.62. The molecule has 1 aromatic rings. The van der Waals surface area contributed by atoms with Crippen LogP contribution in [0.1, 0.15) is 59.4 Å². The summed E-state index contributed by atoms with van der Waals surface area (Å²) in [4.78, 5) is 40.4. The number of allylic oxidation sites excluding steroid dienone is 3. The molecule has 0 spiro atoms. The molecule has 4 rings (SSSR count). The van der Waals surface area contributed by atoms with Crippen molar-refractivity contribution in [2.24, 2.45) is 11.8 Å². The molecular formula is C31H41ClN2O7. The van der Waals surface area contributed by atoms with Crippen LogP contribution >= 0.6 is 11.6 Å². The van der Waals surface area contributed by atoms with E-state index < -0.39 is 23.8 Å². The van der Waals surface area contributed by atoms with E-state index in [1.807, 2.05) is 51.1 Å². The number of carbonyl (C=O) groups excluding carboxylic acids is 3. The first-order valence-electron chi connectivity index (χ1n) is 14.1. The fourth-order valence-corrected chi connectivity index (χ4v) is 5.90. The molecule has 2 fully saturated rings. The Morgan fingerprint density at radius 2 is 2.00 bits per heavy atom. The summed E-state index contributed by atoms with van der Waals surface area (Å²) in [5.41, 5.74) is 1.59. The van der Waals surface area contributed by atoms with E-state index in [1.165, 1.54) is 12.0 Å². The molecule has 4 bridgehead atoms. The Morgan fingerprint density at radius 1 is 1.27 bits per heavy atom. The SMILES string of the molecule is COc1cc2cc(c1Cl)N(C)C(=O)C[C@H](OC(=O)C(C)C)[C@@]1(C)O[C@H]1[C@H](C)C1CC(C/C=C/C=C(\C)C2)NC(=O)O1. The minimum Gasteiger partial charge on any atom is -0.495 e. The summed E-state index contributed by atoms with van der Waals surface area (Å²) in [6.07, 6.45) is 5.73. The highest BCUT2D eigenvalue weighted by molar-refractivity contribution is 6.35. The summed E-state index contributed by atoms with van der Waals surface area (Å²) in [5.74, 6) is -0.826. The summed E-state index contributed by atoms with van der Waals surface area (Å²) in [6, 6.07) is 3.65. The highest BCUT2D eigenvalue weighted by Gasteiger charge is 2.63. The van der Waals surface area contributed by atoms with Crippen LogP contribution in [0.25, 0.3) is 0 Å². The maximum Gasteiger partial charge on any atom is 0.407 e. The molecule has 0 aliphatic carbocycles. The highest BCUT2D eigenvalue weighted by atomic mass is 35.5. The van der Waals surface area contributed by atoms with E-state index in [9.17, 15) is 14.4 Å². The second-order valence-electron chi connectivity index (χ2n) is 11.8. The summed E-state index contributed by atoms with van der Waals surface area (Å²) < 4.78 is 23.3. The molecule has 1 N–H and O–H groups in total. The van der Waals surface area contributed by atoms with Gasteiger partial charge in [-0.25, -0.2) is 4.79 Å². The van der Waals surface area contributed by atoms with Gasteiger partial charge in [0.15, 0.2) is 0 Å². The van der Waals surface area contributed by atoms with E-state index in [4.69, 9.17) is 30.5 Å².